The summed E-state index contributed by atoms with van der Waals surface area (Å²) in [4.78, 5) is 0. The Labute approximate surface area is 164 Å². The second kappa shape index (κ2) is 7.65. The number of benzene rings is 2. The summed E-state index contributed by atoms with van der Waals surface area (Å²) in [7, 11) is 0. The Morgan fingerprint density at radius 2 is 1.54 bits per heavy atom. The fourth-order valence-corrected chi connectivity index (χ4v) is 3.38. The first kappa shape index (κ1) is 22.6. The maximum Gasteiger partial charge on any atom is 0.435 e. The Kier molecular flexibility index (Phi) is 6.19. The normalized spacial score (nSPS) is 14.2. The van der Waals surface area contributed by atoms with Crippen molar-refractivity contribution in [1.82, 2.24) is 0 Å². The Hall–Kier alpha value is -1.64. The quantitative estimate of drug-likeness (QED) is 0.396. The van der Waals surface area contributed by atoms with Crippen LogP contribution in [0.25, 0.3) is 11.1 Å². The third-order valence-corrected chi connectivity index (χ3v) is 5.08. The van der Waals surface area contributed by atoms with Crippen molar-refractivity contribution in [1.29, 1.82) is 0 Å². The SMILES string of the molecule is CCC(C)c1[c]c(Br)c(-c2ccccc2F)c(C(F)(C(F)(F)F)C(F)(F)F)c1. The lowest BCUT2D eigenvalue weighted by molar-refractivity contribution is -0.348. The predicted molar refractivity (Wildman–Crippen MR) is 92.0 cm³/mol. The standard InChI is InChI=1S/C19H14BrF8/c1-3-10(2)11-8-13(17(22,18(23,24)25)19(26,27)28)16(14(20)9-11)12-6-4-5-7-15(12)21/h4-8,10H,3H2,1-2H3. The minimum Gasteiger partial charge on any atom is -0.218 e. The number of rotatable bonds is 4. The van der Waals surface area contributed by atoms with Crippen LogP contribution in [0.4, 0.5) is 35.1 Å². The van der Waals surface area contributed by atoms with Crippen LogP contribution in [-0.2, 0) is 5.67 Å². The molecule has 0 spiro atoms. The summed E-state index contributed by atoms with van der Waals surface area (Å²) in [5.74, 6) is -1.60. The summed E-state index contributed by atoms with van der Waals surface area (Å²) in [6, 6.07) is 7.35. The largest absolute Gasteiger partial charge is 0.435 e. The Morgan fingerprint density at radius 1 is 1.00 bits per heavy atom. The van der Waals surface area contributed by atoms with Crippen LogP contribution in [0.2, 0.25) is 0 Å². The van der Waals surface area contributed by atoms with Gasteiger partial charge in [-0.05, 0) is 39.9 Å². The van der Waals surface area contributed by atoms with Gasteiger partial charge in [0.15, 0.2) is 0 Å². The summed E-state index contributed by atoms with van der Waals surface area (Å²) in [5.41, 5.74) is -8.97. The molecule has 0 aliphatic rings. The van der Waals surface area contributed by atoms with Gasteiger partial charge >= 0.3 is 18.0 Å². The van der Waals surface area contributed by atoms with Crippen LogP contribution >= 0.6 is 15.9 Å². The lowest BCUT2D eigenvalue weighted by atomic mass is 9.83. The molecule has 0 aromatic heterocycles. The zero-order valence-electron chi connectivity index (χ0n) is 14.6. The van der Waals surface area contributed by atoms with Gasteiger partial charge < -0.3 is 0 Å². The number of alkyl halides is 7. The molecule has 2 aromatic rings. The molecule has 0 aliphatic carbocycles. The fraction of sp³-hybridized carbons (Fsp3) is 0.368. The molecule has 0 amide bonds. The molecule has 2 rings (SSSR count). The van der Waals surface area contributed by atoms with Crippen LogP contribution in [0.5, 0.6) is 0 Å². The van der Waals surface area contributed by atoms with Crippen molar-refractivity contribution >= 4 is 15.9 Å². The topological polar surface area (TPSA) is 0 Å². The Morgan fingerprint density at radius 3 is 2.00 bits per heavy atom. The van der Waals surface area contributed by atoms with Crippen LogP contribution in [0.1, 0.15) is 37.3 Å². The first-order valence-electron chi connectivity index (χ1n) is 8.09. The lowest BCUT2D eigenvalue weighted by Gasteiger charge is -2.33. The summed E-state index contributed by atoms with van der Waals surface area (Å²) >= 11 is 2.87. The van der Waals surface area contributed by atoms with Gasteiger partial charge in [0.25, 0.3) is 0 Å². The molecule has 153 valence electrons. The number of hydrogen-bond donors (Lipinski definition) is 0. The van der Waals surface area contributed by atoms with Crippen molar-refractivity contribution in [3.8, 4) is 11.1 Å². The summed E-state index contributed by atoms with van der Waals surface area (Å²) < 4.78 is 109. The zero-order valence-corrected chi connectivity index (χ0v) is 16.2. The van der Waals surface area contributed by atoms with Crippen LogP contribution in [-0.4, -0.2) is 12.4 Å². The van der Waals surface area contributed by atoms with Gasteiger partial charge in [-0.25, -0.2) is 8.78 Å². The minimum atomic E-state index is -6.32. The molecule has 28 heavy (non-hydrogen) atoms. The van der Waals surface area contributed by atoms with Gasteiger partial charge in [0.1, 0.15) is 5.82 Å². The fourth-order valence-electron chi connectivity index (χ4n) is 2.72. The van der Waals surface area contributed by atoms with Crippen molar-refractivity contribution < 1.29 is 35.1 Å². The van der Waals surface area contributed by atoms with Crippen LogP contribution in [0.3, 0.4) is 0 Å². The minimum absolute atomic E-state index is 0.0556. The third kappa shape index (κ3) is 3.77. The summed E-state index contributed by atoms with van der Waals surface area (Å²) in [6.45, 7) is 3.21. The van der Waals surface area contributed by atoms with Gasteiger partial charge in [-0.3, -0.25) is 0 Å². The van der Waals surface area contributed by atoms with Crippen LogP contribution in [0, 0.1) is 11.9 Å². The number of halogens is 9. The Balaban J connectivity index is 3.01. The maximum atomic E-state index is 14.9. The lowest BCUT2D eigenvalue weighted by Crippen LogP contribution is -2.50. The van der Waals surface area contributed by atoms with Gasteiger partial charge in [0.2, 0.25) is 0 Å². The van der Waals surface area contributed by atoms with E-state index in [1.165, 1.54) is 12.1 Å². The van der Waals surface area contributed by atoms with E-state index in [1.54, 1.807) is 13.8 Å². The molecule has 0 nitrogen and oxygen atoms in total. The van der Waals surface area contributed by atoms with E-state index < -0.39 is 46.4 Å². The summed E-state index contributed by atoms with van der Waals surface area (Å²) in [6.07, 6.45) is -12.3. The zero-order chi connectivity index (χ0) is 21.5. The van der Waals surface area contributed by atoms with E-state index in [9.17, 15) is 35.1 Å². The highest BCUT2D eigenvalue weighted by Gasteiger charge is 2.74. The molecule has 9 heteroatoms. The van der Waals surface area contributed by atoms with Gasteiger partial charge in [-0.1, -0.05) is 38.1 Å². The van der Waals surface area contributed by atoms with E-state index in [-0.39, 0.29) is 10.0 Å². The third-order valence-electron chi connectivity index (χ3n) is 4.48. The summed E-state index contributed by atoms with van der Waals surface area (Å²) in [5, 5.41) is 0. The van der Waals surface area contributed by atoms with E-state index >= 15 is 0 Å². The first-order chi connectivity index (χ1) is 12.8. The molecule has 1 atom stereocenters. The molecule has 0 aliphatic heterocycles. The van der Waals surface area contributed by atoms with Gasteiger partial charge in [0, 0.05) is 27.2 Å². The van der Waals surface area contributed by atoms with E-state index in [1.807, 2.05) is 0 Å². The molecule has 1 radical (unpaired) electrons. The predicted octanol–water partition coefficient (Wildman–Crippen LogP) is 7.86. The molecule has 0 heterocycles. The van der Waals surface area contributed by atoms with Gasteiger partial charge in [-0.15, -0.1) is 0 Å². The van der Waals surface area contributed by atoms with Crippen LogP contribution < -0.4 is 0 Å². The van der Waals surface area contributed by atoms with Gasteiger partial charge in [-0.2, -0.15) is 26.3 Å². The average Bonchev–Trinajstić information content (AvgIpc) is 2.58. The van der Waals surface area contributed by atoms with Gasteiger partial charge in [0.05, 0.1) is 0 Å². The smallest absolute Gasteiger partial charge is 0.218 e. The highest BCUT2D eigenvalue weighted by Crippen LogP contribution is 2.56. The molecular formula is C19H14BrF8. The van der Waals surface area contributed by atoms with Crippen molar-refractivity contribution in [2.24, 2.45) is 0 Å². The van der Waals surface area contributed by atoms with E-state index in [2.05, 4.69) is 22.0 Å². The highest BCUT2D eigenvalue weighted by atomic mass is 79.9. The maximum absolute atomic E-state index is 14.9. The van der Waals surface area contributed by atoms with Crippen LogP contribution in [0.15, 0.2) is 34.8 Å². The average molecular weight is 474 g/mol. The molecule has 0 saturated carbocycles. The molecule has 0 N–H and O–H groups in total. The monoisotopic (exact) mass is 473 g/mol. The van der Waals surface area contributed by atoms with E-state index in [0.717, 1.165) is 12.1 Å². The number of hydrogen-bond acceptors (Lipinski definition) is 0. The Bertz CT molecular complexity index is 840. The molecule has 2 aromatic carbocycles. The molecule has 0 fully saturated rings. The molecular weight excluding hydrogens is 460 g/mol. The second-order valence-corrected chi connectivity index (χ2v) is 7.06. The highest BCUT2D eigenvalue weighted by molar-refractivity contribution is 9.10. The van der Waals surface area contributed by atoms with Crippen molar-refractivity contribution in [3.05, 3.63) is 57.8 Å². The molecule has 0 bridgehead atoms. The molecule has 0 saturated heterocycles. The van der Waals surface area contributed by atoms with Crippen molar-refractivity contribution in [2.75, 3.05) is 0 Å². The molecule has 1 unspecified atom stereocenters. The second-order valence-electron chi connectivity index (χ2n) is 6.27. The first-order valence-corrected chi connectivity index (χ1v) is 8.88. The van der Waals surface area contributed by atoms with Crippen molar-refractivity contribution in [3.63, 3.8) is 0 Å². The van der Waals surface area contributed by atoms with E-state index in [0.29, 0.717) is 12.5 Å². The van der Waals surface area contributed by atoms with Crippen molar-refractivity contribution in [2.45, 2.75) is 44.2 Å². The van der Waals surface area contributed by atoms with E-state index in [4.69, 9.17) is 0 Å².